The van der Waals surface area contributed by atoms with Gasteiger partial charge in [0, 0.05) is 18.7 Å². The molecule has 0 saturated heterocycles. The van der Waals surface area contributed by atoms with Gasteiger partial charge in [0.15, 0.2) is 0 Å². The molecule has 1 unspecified atom stereocenters. The van der Waals surface area contributed by atoms with Crippen LogP contribution in [-0.2, 0) is 6.54 Å². The minimum Gasteiger partial charge on any atom is -0.387 e. The first kappa shape index (κ1) is 15.6. The van der Waals surface area contributed by atoms with Gasteiger partial charge < -0.3 is 9.63 Å². The Hall–Kier alpha value is -1.79. The molecule has 0 aliphatic heterocycles. The van der Waals surface area contributed by atoms with Gasteiger partial charge in [0.1, 0.15) is 17.4 Å². The molecule has 0 bridgehead atoms. The summed E-state index contributed by atoms with van der Waals surface area (Å²) in [6, 6.07) is 3.54. The predicted octanol–water partition coefficient (Wildman–Crippen LogP) is 2.74. The SMILES string of the molecule is Cc1noc(C)c1CN(C)CC(O)c1c(F)cccc1F. The molecule has 0 radical (unpaired) electrons. The number of aliphatic hydroxyl groups excluding tert-OH is 1. The molecule has 1 heterocycles. The highest BCUT2D eigenvalue weighted by Gasteiger charge is 2.20. The number of hydrogen-bond donors (Lipinski definition) is 1. The van der Waals surface area contributed by atoms with Crippen LogP contribution < -0.4 is 0 Å². The maximum atomic E-state index is 13.6. The van der Waals surface area contributed by atoms with Crippen molar-refractivity contribution in [3.8, 4) is 0 Å². The maximum absolute atomic E-state index is 13.6. The molecule has 21 heavy (non-hydrogen) atoms. The zero-order chi connectivity index (χ0) is 15.6. The Morgan fingerprint density at radius 1 is 1.29 bits per heavy atom. The van der Waals surface area contributed by atoms with Crippen LogP contribution >= 0.6 is 0 Å². The van der Waals surface area contributed by atoms with E-state index >= 15 is 0 Å². The summed E-state index contributed by atoms with van der Waals surface area (Å²) in [5.41, 5.74) is 1.38. The van der Waals surface area contributed by atoms with Gasteiger partial charge in [0.05, 0.1) is 17.4 Å². The van der Waals surface area contributed by atoms with Crippen molar-refractivity contribution in [2.75, 3.05) is 13.6 Å². The third-order valence-electron chi connectivity index (χ3n) is 3.43. The smallest absolute Gasteiger partial charge is 0.138 e. The highest BCUT2D eigenvalue weighted by Crippen LogP contribution is 2.22. The molecule has 0 saturated carbocycles. The molecule has 1 aromatic heterocycles. The van der Waals surface area contributed by atoms with Gasteiger partial charge in [-0.05, 0) is 33.0 Å². The van der Waals surface area contributed by atoms with Crippen LogP contribution in [0, 0.1) is 25.5 Å². The third-order valence-corrected chi connectivity index (χ3v) is 3.43. The first-order valence-corrected chi connectivity index (χ1v) is 6.62. The Morgan fingerprint density at radius 2 is 1.90 bits per heavy atom. The van der Waals surface area contributed by atoms with Crippen molar-refractivity contribution in [2.24, 2.45) is 0 Å². The monoisotopic (exact) mass is 296 g/mol. The van der Waals surface area contributed by atoms with E-state index in [9.17, 15) is 13.9 Å². The molecule has 1 atom stereocenters. The number of aromatic nitrogens is 1. The highest BCUT2D eigenvalue weighted by molar-refractivity contribution is 5.23. The van der Waals surface area contributed by atoms with E-state index in [1.807, 2.05) is 6.92 Å². The Labute approximate surface area is 122 Å². The minimum atomic E-state index is -1.24. The van der Waals surface area contributed by atoms with Crippen molar-refractivity contribution in [1.29, 1.82) is 0 Å². The molecule has 1 N–H and O–H groups in total. The van der Waals surface area contributed by atoms with Crippen molar-refractivity contribution in [3.63, 3.8) is 0 Å². The van der Waals surface area contributed by atoms with Crippen molar-refractivity contribution in [3.05, 3.63) is 52.4 Å². The zero-order valence-electron chi connectivity index (χ0n) is 12.2. The quantitative estimate of drug-likeness (QED) is 0.921. The van der Waals surface area contributed by atoms with Gasteiger partial charge in [-0.25, -0.2) is 8.78 Å². The van der Waals surface area contributed by atoms with Gasteiger partial charge in [-0.2, -0.15) is 0 Å². The maximum Gasteiger partial charge on any atom is 0.138 e. The van der Waals surface area contributed by atoms with E-state index in [-0.39, 0.29) is 12.1 Å². The van der Waals surface area contributed by atoms with Crippen molar-refractivity contribution >= 4 is 0 Å². The molecule has 4 nitrogen and oxygen atoms in total. The summed E-state index contributed by atoms with van der Waals surface area (Å²) in [5, 5.41) is 13.9. The molecule has 0 fully saturated rings. The van der Waals surface area contributed by atoms with Crippen molar-refractivity contribution in [2.45, 2.75) is 26.5 Å². The normalized spacial score (nSPS) is 12.9. The van der Waals surface area contributed by atoms with Gasteiger partial charge in [-0.15, -0.1) is 0 Å². The molecule has 0 aliphatic rings. The standard InChI is InChI=1S/C15H18F2N2O2/c1-9-11(10(2)21-18-9)7-19(3)8-14(20)15-12(16)5-4-6-13(15)17/h4-6,14,20H,7-8H2,1-3H3. The van der Waals surface area contributed by atoms with Crippen LogP contribution in [0.1, 0.15) is 28.7 Å². The van der Waals surface area contributed by atoms with Gasteiger partial charge in [-0.3, -0.25) is 4.90 Å². The molecule has 1 aromatic carbocycles. The summed E-state index contributed by atoms with van der Waals surface area (Å²) in [4.78, 5) is 1.77. The first-order valence-electron chi connectivity index (χ1n) is 6.62. The summed E-state index contributed by atoms with van der Waals surface area (Å²) in [7, 11) is 1.76. The number of aliphatic hydroxyl groups is 1. The zero-order valence-corrected chi connectivity index (χ0v) is 12.2. The summed E-state index contributed by atoms with van der Waals surface area (Å²) in [5.74, 6) is -0.785. The molecule has 0 spiro atoms. The van der Waals surface area contributed by atoms with Crippen LogP contribution in [0.25, 0.3) is 0 Å². The number of likely N-dealkylation sites (N-methyl/N-ethyl adjacent to an activating group) is 1. The molecule has 6 heteroatoms. The van der Waals surface area contributed by atoms with Gasteiger partial charge in [0.25, 0.3) is 0 Å². The Morgan fingerprint density at radius 3 is 2.43 bits per heavy atom. The Kier molecular flexibility index (Phi) is 4.69. The second kappa shape index (κ2) is 6.32. The van der Waals surface area contributed by atoms with Crippen molar-refractivity contribution < 1.29 is 18.4 Å². The topological polar surface area (TPSA) is 49.5 Å². The van der Waals surface area contributed by atoms with E-state index < -0.39 is 17.7 Å². The molecule has 0 amide bonds. The van der Waals surface area contributed by atoms with Gasteiger partial charge >= 0.3 is 0 Å². The summed E-state index contributed by atoms with van der Waals surface area (Å²) in [6.07, 6.45) is -1.24. The van der Waals surface area contributed by atoms with Crippen LogP contribution in [0.2, 0.25) is 0 Å². The fourth-order valence-electron chi connectivity index (χ4n) is 2.28. The number of halogens is 2. The van der Waals surface area contributed by atoms with Gasteiger partial charge in [-0.1, -0.05) is 11.2 Å². The van der Waals surface area contributed by atoms with E-state index in [1.165, 1.54) is 6.07 Å². The second-order valence-corrected chi connectivity index (χ2v) is 5.15. The second-order valence-electron chi connectivity index (χ2n) is 5.15. The molecule has 2 aromatic rings. The van der Waals surface area contributed by atoms with Crippen molar-refractivity contribution in [1.82, 2.24) is 10.1 Å². The fourth-order valence-corrected chi connectivity index (χ4v) is 2.28. The minimum absolute atomic E-state index is 0.0991. The van der Waals surface area contributed by atoms with E-state index in [0.29, 0.717) is 12.3 Å². The lowest BCUT2D eigenvalue weighted by atomic mass is 10.1. The van der Waals surface area contributed by atoms with E-state index in [0.717, 1.165) is 23.4 Å². The number of hydrogen-bond acceptors (Lipinski definition) is 4. The number of rotatable bonds is 5. The molecular weight excluding hydrogens is 278 g/mol. The average molecular weight is 296 g/mol. The number of nitrogens with zero attached hydrogens (tertiary/aromatic N) is 2. The summed E-state index contributed by atoms with van der Waals surface area (Å²) in [6.45, 7) is 4.21. The average Bonchev–Trinajstić information content (AvgIpc) is 2.70. The predicted molar refractivity (Wildman–Crippen MR) is 73.6 cm³/mol. The fraction of sp³-hybridized carbons (Fsp3) is 0.400. The lowest BCUT2D eigenvalue weighted by Gasteiger charge is -2.21. The highest BCUT2D eigenvalue weighted by atomic mass is 19.1. The molecule has 2 rings (SSSR count). The van der Waals surface area contributed by atoms with E-state index in [2.05, 4.69) is 5.16 Å². The van der Waals surface area contributed by atoms with Crippen LogP contribution in [0.15, 0.2) is 22.7 Å². The molecule has 114 valence electrons. The van der Waals surface area contributed by atoms with E-state index in [1.54, 1.807) is 18.9 Å². The summed E-state index contributed by atoms with van der Waals surface area (Å²) < 4.78 is 32.3. The lowest BCUT2D eigenvalue weighted by Crippen LogP contribution is -2.25. The summed E-state index contributed by atoms with van der Waals surface area (Å²) >= 11 is 0. The largest absolute Gasteiger partial charge is 0.387 e. The first-order chi connectivity index (χ1) is 9.90. The van der Waals surface area contributed by atoms with Gasteiger partial charge in [0.2, 0.25) is 0 Å². The molecule has 0 aliphatic carbocycles. The lowest BCUT2D eigenvalue weighted by molar-refractivity contribution is 0.116. The van der Waals surface area contributed by atoms with Crippen LogP contribution in [0.5, 0.6) is 0 Å². The Bertz CT molecular complexity index is 588. The Balaban J connectivity index is 2.07. The molecular formula is C15H18F2N2O2. The van der Waals surface area contributed by atoms with E-state index in [4.69, 9.17) is 4.52 Å². The van der Waals surface area contributed by atoms with Crippen LogP contribution in [0.4, 0.5) is 8.78 Å². The third kappa shape index (κ3) is 3.46. The van der Waals surface area contributed by atoms with Crippen LogP contribution in [0.3, 0.4) is 0 Å². The number of benzene rings is 1. The number of aryl methyl sites for hydroxylation is 2. The van der Waals surface area contributed by atoms with Crippen LogP contribution in [-0.4, -0.2) is 28.8 Å².